The second-order valence-electron chi connectivity index (χ2n) is 5.31. The van der Waals surface area contributed by atoms with Crippen LogP contribution in [0.3, 0.4) is 0 Å². The van der Waals surface area contributed by atoms with Crippen LogP contribution in [0.2, 0.25) is 0 Å². The molecule has 0 fully saturated rings. The lowest BCUT2D eigenvalue weighted by Crippen LogP contribution is -2.31. The number of carbonyl (C=O) groups excluding carboxylic acids is 1. The Morgan fingerprint density at radius 3 is 2.35 bits per heavy atom. The molecule has 1 atom stereocenters. The highest BCUT2D eigenvalue weighted by atomic mass is 16.1. The van der Waals surface area contributed by atoms with E-state index in [0.29, 0.717) is 0 Å². The number of Topliss-reactive ketones (excluding diaryl/α,β-unsaturated/α-hetero) is 1. The van der Waals surface area contributed by atoms with Gasteiger partial charge in [0, 0.05) is 18.0 Å². The van der Waals surface area contributed by atoms with Crippen molar-refractivity contribution in [3.8, 4) is 0 Å². The first kappa shape index (κ1) is 14.7. The fraction of sp³-hybridized carbons (Fsp3) is 0.389. The topological polar surface area (TPSA) is 20.3 Å². The summed E-state index contributed by atoms with van der Waals surface area (Å²) in [6, 6.07) is 14.2. The van der Waals surface area contributed by atoms with Crippen LogP contribution >= 0.6 is 0 Å². The van der Waals surface area contributed by atoms with E-state index in [1.54, 1.807) is 0 Å². The molecule has 0 spiro atoms. The Labute approximate surface area is 121 Å². The van der Waals surface area contributed by atoms with Crippen LogP contribution in [0.25, 0.3) is 10.8 Å². The third kappa shape index (κ3) is 3.26. The summed E-state index contributed by atoms with van der Waals surface area (Å²) < 4.78 is 0. The lowest BCUT2D eigenvalue weighted by molar-refractivity contribution is 0.0898. The summed E-state index contributed by atoms with van der Waals surface area (Å²) in [5.41, 5.74) is 0.823. The third-order valence-electron chi connectivity index (χ3n) is 3.91. The Morgan fingerprint density at radius 2 is 1.70 bits per heavy atom. The van der Waals surface area contributed by atoms with Crippen molar-refractivity contribution in [3.05, 3.63) is 48.0 Å². The largest absolute Gasteiger partial charge is 0.303 e. The maximum absolute atomic E-state index is 12.5. The second-order valence-corrected chi connectivity index (χ2v) is 5.31. The van der Waals surface area contributed by atoms with E-state index in [-0.39, 0.29) is 11.7 Å². The van der Waals surface area contributed by atoms with Gasteiger partial charge in [0.15, 0.2) is 5.78 Å². The number of ketones is 1. The number of nitrogens with zero attached hydrogens (tertiary/aromatic N) is 1. The summed E-state index contributed by atoms with van der Waals surface area (Å²) in [6.07, 6.45) is 0. The molecule has 0 bridgehead atoms. The van der Waals surface area contributed by atoms with E-state index < -0.39 is 0 Å². The monoisotopic (exact) mass is 269 g/mol. The van der Waals surface area contributed by atoms with E-state index in [1.165, 1.54) is 5.39 Å². The van der Waals surface area contributed by atoms with Crippen molar-refractivity contribution in [1.29, 1.82) is 0 Å². The molecule has 2 rings (SSSR count). The molecule has 0 radical (unpaired) electrons. The first-order valence-corrected chi connectivity index (χ1v) is 7.41. The molecule has 0 saturated carbocycles. The van der Waals surface area contributed by atoms with Crippen LogP contribution in [0, 0.1) is 5.92 Å². The fourth-order valence-corrected chi connectivity index (χ4v) is 2.58. The molecule has 0 aliphatic rings. The highest BCUT2D eigenvalue weighted by Gasteiger charge is 2.17. The Bertz CT molecular complexity index is 587. The number of carbonyl (C=O) groups is 1. The maximum atomic E-state index is 12.5. The van der Waals surface area contributed by atoms with Gasteiger partial charge in [0.05, 0.1) is 0 Å². The molecular weight excluding hydrogens is 246 g/mol. The van der Waals surface area contributed by atoms with Crippen molar-refractivity contribution in [3.63, 3.8) is 0 Å². The summed E-state index contributed by atoms with van der Waals surface area (Å²) in [7, 11) is 0. The van der Waals surface area contributed by atoms with Gasteiger partial charge in [-0.1, -0.05) is 57.2 Å². The summed E-state index contributed by atoms with van der Waals surface area (Å²) in [5, 5.41) is 2.31. The van der Waals surface area contributed by atoms with Crippen molar-refractivity contribution in [2.75, 3.05) is 19.6 Å². The van der Waals surface area contributed by atoms with Gasteiger partial charge in [-0.05, 0) is 29.9 Å². The minimum absolute atomic E-state index is 0.0380. The number of rotatable bonds is 6. The molecule has 0 heterocycles. The molecule has 0 aliphatic carbocycles. The van der Waals surface area contributed by atoms with Gasteiger partial charge in [-0.3, -0.25) is 4.79 Å². The van der Waals surface area contributed by atoms with E-state index in [4.69, 9.17) is 0 Å². The lowest BCUT2D eigenvalue weighted by Gasteiger charge is -2.22. The number of hydrogen-bond acceptors (Lipinski definition) is 2. The van der Waals surface area contributed by atoms with Crippen LogP contribution in [0.5, 0.6) is 0 Å². The normalized spacial score (nSPS) is 12.8. The number of hydrogen-bond donors (Lipinski definition) is 0. The fourth-order valence-electron chi connectivity index (χ4n) is 2.58. The standard InChI is InChI=1S/C18H23NO/c1-4-19(5-2)13-14(3)18(20)17-11-10-15-8-6-7-9-16(15)12-17/h6-12,14H,4-5,13H2,1-3H3/t14-/m1/s1. The van der Waals surface area contributed by atoms with E-state index in [1.807, 2.05) is 37.3 Å². The average Bonchev–Trinajstić information content (AvgIpc) is 2.51. The van der Waals surface area contributed by atoms with Gasteiger partial charge >= 0.3 is 0 Å². The Kier molecular flexibility index (Phi) is 4.91. The van der Waals surface area contributed by atoms with Crippen molar-refractivity contribution < 1.29 is 4.79 Å². The van der Waals surface area contributed by atoms with Gasteiger partial charge in [-0.25, -0.2) is 0 Å². The van der Waals surface area contributed by atoms with Gasteiger partial charge in [-0.15, -0.1) is 0 Å². The number of benzene rings is 2. The highest BCUT2D eigenvalue weighted by Crippen LogP contribution is 2.18. The lowest BCUT2D eigenvalue weighted by atomic mass is 9.96. The van der Waals surface area contributed by atoms with Crippen molar-refractivity contribution >= 4 is 16.6 Å². The zero-order valence-corrected chi connectivity index (χ0v) is 12.6. The molecule has 20 heavy (non-hydrogen) atoms. The second kappa shape index (κ2) is 6.67. The zero-order chi connectivity index (χ0) is 14.5. The SMILES string of the molecule is CCN(CC)C[C@@H](C)C(=O)c1ccc2ccccc2c1. The van der Waals surface area contributed by atoms with Crippen LogP contribution in [-0.2, 0) is 0 Å². The van der Waals surface area contributed by atoms with Crippen molar-refractivity contribution in [1.82, 2.24) is 4.90 Å². The van der Waals surface area contributed by atoms with Gasteiger partial charge in [0.1, 0.15) is 0 Å². The molecular formula is C18H23NO. The van der Waals surface area contributed by atoms with Crippen molar-refractivity contribution in [2.45, 2.75) is 20.8 Å². The molecule has 0 N–H and O–H groups in total. The van der Waals surface area contributed by atoms with Gasteiger partial charge in [0.2, 0.25) is 0 Å². The molecule has 0 amide bonds. The van der Waals surface area contributed by atoms with Crippen LogP contribution in [0.1, 0.15) is 31.1 Å². The average molecular weight is 269 g/mol. The quantitative estimate of drug-likeness (QED) is 0.739. The number of fused-ring (bicyclic) bond motifs is 1. The van der Waals surface area contributed by atoms with Crippen LogP contribution in [0.15, 0.2) is 42.5 Å². The Balaban J connectivity index is 2.18. The zero-order valence-electron chi connectivity index (χ0n) is 12.6. The first-order chi connectivity index (χ1) is 9.65. The van der Waals surface area contributed by atoms with E-state index >= 15 is 0 Å². The van der Waals surface area contributed by atoms with E-state index in [0.717, 1.165) is 30.6 Å². The van der Waals surface area contributed by atoms with E-state index in [2.05, 4.69) is 30.9 Å². The molecule has 2 nitrogen and oxygen atoms in total. The van der Waals surface area contributed by atoms with Crippen LogP contribution < -0.4 is 0 Å². The molecule has 0 saturated heterocycles. The molecule has 0 unspecified atom stereocenters. The molecule has 0 aromatic heterocycles. The summed E-state index contributed by atoms with van der Waals surface area (Å²) in [6.45, 7) is 9.11. The Hall–Kier alpha value is -1.67. The third-order valence-corrected chi connectivity index (χ3v) is 3.91. The highest BCUT2D eigenvalue weighted by molar-refractivity contribution is 6.01. The maximum Gasteiger partial charge on any atom is 0.166 e. The Morgan fingerprint density at radius 1 is 1.05 bits per heavy atom. The first-order valence-electron chi connectivity index (χ1n) is 7.41. The molecule has 0 aliphatic heterocycles. The van der Waals surface area contributed by atoms with Gasteiger partial charge in [-0.2, -0.15) is 0 Å². The van der Waals surface area contributed by atoms with Crippen LogP contribution in [0.4, 0.5) is 0 Å². The van der Waals surface area contributed by atoms with Crippen LogP contribution in [-0.4, -0.2) is 30.3 Å². The summed E-state index contributed by atoms with van der Waals surface area (Å²) >= 11 is 0. The summed E-state index contributed by atoms with van der Waals surface area (Å²) in [4.78, 5) is 14.8. The minimum Gasteiger partial charge on any atom is -0.303 e. The predicted octanol–water partition coefficient (Wildman–Crippen LogP) is 4.00. The minimum atomic E-state index is 0.0380. The van der Waals surface area contributed by atoms with Gasteiger partial charge in [0.25, 0.3) is 0 Å². The summed E-state index contributed by atoms with van der Waals surface area (Å²) in [5.74, 6) is 0.277. The smallest absolute Gasteiger partial charge is 0.166 e. The molecule has 2 aromatic rings. The molecule has 2 heteroatoms. The van der Waals surface area contributed by atoms with E-state index in [9.17, 15) is 4.79 Å². The van der Waals surface area contributed by atoms with Gasteiger partial charge < -0.3 is 4.90 Å². The van der Waals surface area contributed by atoms with Crippen molar-refractivity contribution in [2.24, 2.45) is 5.92 Å². The predicted molar refractivity (Wildman–Crippen MR) is 85.2 cm³/mol. The molecule has 106 valence electrons. The molecule has 2 aromatic carbocycles.